The lowest BCUT2D eigenvalue weighted by Gasteiger charge is -2.30. The molecule has 0 aromatic heterocycles. The minimum atomic E-state index is -0.579. The molecule has 6 heteroatoms. The number of likely N-dealkylation sites (N-methyl/N-ethyl adjacent to an activating group) is 1. The third-order valence-electron chi connectivity index (χ3n) is 4.70. The van der Waals surface area contributed by atoms with Crippen LogP contribution in [0.1, 0.15) is 31.9 Å². The molecule has 0 unspecified atom stereocenters. The summed E-state index contributed by atoms with van der Waals surface area (Å²) >= 11 is 0. The molecular weight excluding hydrogens is 306 g/mol. The fourth-order valence-electron chi connectivity index (χ4n) is 3.28. The number of methoxy groups -OCH3 is 1. The van der Waals surface area contributed by atoms with E-state index in [1.165, 1.54) is 12.7 Å². The number of amides is 2. The second kappa shape index (κ2) is 8.68. The molecule has 0 aliphatic carbocycles. The molecule has 0 radical (unpaired) electrons. The Morgan fingerprint density at radius 1 is 1.38 bits per heavy atom. The van der Waals surface area contributed by atoms with Crippen LogP contribution in [0, 0.1) is 0 Å². The molecule has 1 aromatic carbocycles. The van der Waals surface area contributed by atoms with Crippen LogP contribution in [0.25, 0.3) is 0 Å². The average Bonchev–Trinajstić information content (AvgIpc) is 3.10. The average molecular weight is 333 g/mol. The lowest BCUT2D eigenvalue weighted by molar-refractivity contribution is -0.132. The molecule has 1 aliphatic rings. The van der Waals surface area contributed by atoms with Crippen LogP contribution in [0.3, 0.4) is 0 Å². The number of rotatable bonds is 6. The number of likely N-dealkylation sites (tertiary alicyclic amines) is 1. The number of ether oxygens (including phenoxy) is 1. The molecule has 0 spiro atoms. The van der Waals surface area contributed by atoms with E-state index in [9.17, 15) is 9.59 Å². The van der Waals surface area contributed by atoms with Crippen molar-refractivity contribution < 1.29 is 14.3 Å². The van der Waals surface area contributed by atoms with Crippen LogP contribution in [0.15, 0.2) is 30.3 Å². The summed E-state index contributed by atoms with van der Waals surface area (Å²) < 4.78 is 4.51. The van der Waals surface area contributed by atoms with Crippen molar-refractivity contribution in [3.63, 3.8) is 0 Å². The van der Waals surface area contributed by atoms with E-state index in [2.05, 4.69) is 46.1 Å². The van der Waals surface area contributed by atoms with E-state index in [1.54, 1.807) is 0 Å². The van der Waals surface area contributed by atoms with Crippen molar-refractivity contribution in [2.75, 3.05) is 33.3 Å². The second-order valence-electron chi connectivity index (χ2n) is 6.05. The third kappa shape index (κ3) is 4.47. The van der Waals surface area contributed by atoms with Gasteiger partial charge in [0.25, 0.3) is 0 Å². The summed E-state index contributed by atoms with van der Waals surface area (Å²) in [6.45, 7) is 6.61. The van der Waals surface area contributed by atoms with Crippen molar-refractivity contribution in [3.05, 3.63) is 35.9 Å². The van der Waals surface area contributed by atoms with Gasteiger partial charge in [-0.05, 0) is 25.8 Å². The molecular formula is C18H27N3O3. The zero-order chi connectivity index (χ0) is 17.5. The van der Waals surface area contributed by atoms with Gasteiger partial charge in [-0.3, -0.25) is 9.69 Å². The maximum absolute atomic E-state index is 12.4. The Morgan fingerprint density at radius 3 is 2.71 bits per heavy atom. The highest BCUT2D eigenvalue weighted by Gasteiger charge is 2.32. The maximum Gasteiger partial charge on any atom is 0.407 e. The SMILES string of the molecule is CCN(C(=O)CNC(=O)OC)[C@@H]1CCN([C@@H](C)c2ccccc2)C1. The molecule has 1 aliphatic heterocycles. The van der Waals surface area contributed by atoms with Gasteiger partial charge < -0.3 is 15.0 Å². The van der Waals surface area contributed by atoms with Gasteiger partial charge in [0.15, 0.2) is 0 Å². The quantitative estimate of drug-likeness (QED) is 0.865. The van der Waals surface area contributed by atoms with Gasteiger partial charge in [-0.15, -0.1) is 0 Å². The Morgan fingerprint density at radius 2 is 2.08 bits per heavy atom. The fourth-order valence-corrected chi connectivity index (χ4v) is 3.28. The summed E-state index contributed by atoms with van der Waals surface area (Å²) in [4.78, 5) is 27.8. The summed E-state index contributed by atoms with van der Waals surface area (Å²) in [5.74, 6) is -0.0675. The largest absolute Gasteiger partial charge is 0.453 e. The first-order chi connectivity index (χ1) is 11.6. The molecule has 1 saturated heterocycles. The first-order valence-corrected chi connectivity index (χ1v) is 8.47. The normalized spacial score (nSPS) is 18.9. The number of hydrogen-bond acceptors (Lipinski definition) is 4. The van der Waals surface area contributed by atoms with Crippen LogP contribution in [0.2, 0.25) is 0 Å². The first kappa shape index (κ1) is 18.3. The number of carbonyl (C=O) groups excluding carboxylic acids is 2. The Kier molecular flexibility index (Phi) is 6.61. The van der Waals surface area contributed by atoms with Gasteiger partial charge in [0.2, 0.25) is 5.91 Å². The first-order valence-electron chi connectivity index (χ1n) is 8.47. The molecule has 1 heterocycles. The van der Waals surface area contributed by atoms with Crippen molar-refractivity contribution in [2.45, 2.75) is 32.4 Å². The summed E-state index contributed by atoms with van der Waals surface area (Å²) in [7, 11) is 1.29. The van der Waals surface area contributed by atoms with Gasteiger partial charge in [0.1, 0.15) is 6.54 Å². The van der Waals surface area contributed by atoms with Gasteiger partial charge in [0, 0.05) is 31.7 Å². The van der Waals surface area contributed by atoms with Crippen molar-refractivity contribution >= 4 is 12.0 Å². The fraction of sp³-hybridized carbons (Fsp3) is 0.556. The number of benzene rings is 1. The zero-order valence-corrected chi connectivity index (χ0v) is 14.7. The van der Waals surface area contributed by atoms with Crippen LogP contribution < -0.4 is 5.32 Å². The molecule has 24 heavy (non-hydrogen) atoms. The Labute approximate surface area is 143 Å². The number of carbonyl (C=O) groups is 2. The summed E-state index contributed by atoms with van der Waals surface area (Å²) in [6, 6.07) is 10.9. The molecule has 0 saturated carbocycles. The van der Waals surface area contributed by atoms with E-state index in [0.717, 1.165) is 19.5 Å². The van der Waals surface area contributed by atoms with Crippen LogP contribution in [0.5, 0.6) is 0 Å². The third-order valence-corrected chi connectivity index (χ3v) is 4.70. The molecule has 2 rings (SSSR count). The molecule has 2 amide bonds. The summed E-state index contributed by atoms with van der Waals surface area (Å²) in [5, 5.41) is 2.46. The lowest BCUT2D eigenvalue weighted by Crippen LogP contribution is -2.46. The summed E-state index contributed by atoms with van der Waals surface area (Å²) in [5.41, 5.74) is 1.29. The van der Waals surface area contributed by atoms with Crippen molar-refractivity contribution in [3.8, 4) is 0 Å². The Balaban J connectivity index is 1.92. The zero-order valence-electron chi connectivity index (χ0n) is 14.7. The highest BCUT2D eigenvalue weighted by molar-refractivity contribution is 5.82. The van der Waals surface area contributed by atoms with Crippen LogP contribution >= 0.6 is 0 Å². The van der Waals surface area contributed by atoms with Gasteiger partial charge >= 0.3 is 6.09 Å². The van der Waals surface area contributed by atoms with E-state index in [1.807, 2.05) is 17.9 Å². The molecule has 1 aromatic rings. The predicted octanol–water partition coefficient (Wildman–Crippen LogP) is 2.03. The van der Waals surface area contributed by atoms with E-state index in [4.69, 9.17) is 0 Å². The van der Waals surface area contributed by atoms with Crippen molar-refractivity contribution in [1.82, 2.24) is 15.1 Å². The highest BCUT2D eigenvalue weighted by atomic mass is 16.5. The van der Waals surface area contributed by atoms with Gasteiger partial charge in [-0.1, -0.05) is 30.3 Å². The molecule has 0 bridgehead atoms. The molecule has 2 atom stereocenters. The van der Waals surface area contributed by atoms with Gasteiger partial charge in [-0.2, -0.15) is 0 Å². The van der Waals surface area contributed by atoms with Crippen LogP contribution in [0.4, 0.5) is 4.79 Å². The van der Waals surface area contributed by atoms with E-state index < -0.39 is 6.09 Å². The number of hydrogen-bond donors (Lipinski definition) is 1. The minimum absolute atomic E-state index is 0.0226. The van der Waals surface area contributed by atoms with Crippen LogP contribution in [-0.4, -0.2) is 61.1 Å². The van der Waals surface area contributed by atoms with E-state index in [0.29, 0.717) is 12.6 Å². The van der Waals surface area contributed by atoms with Gasteiger partial charge in [-0.25, -0.2) is 4.79 Å². The predicted molar refractivity (Wildman–Crippen MR) is 92.6 cm³/mol. The number of nitrogens with zero attached hydrogens (tertiary/aromatic N) is 2. The van der Waals surface area contributed by atoms with E-state index in [-0.39, 0.29) is 18.5 Å². The lowest BCUT2D eigenvalue weighted by atomic mass is 10.1. The Bertz CT molecular complexity index is 550. The molecule has 6 nitrogen and oxygen atoms in total. The monoisotopic (exact) mass is 333 g/mol. The second-order valence-corrected chi connectivity index (χ2v) is 6.05. The van der Waals surface area contributed by atoms with Crippen LogP contribution in [-0.2, 0) is 9.53 Å². The topological polar surface area (TPSA) is 61.9 Å². The standard InChI is InChI=1S/C18H27N3O3/c1-4-21(17(22)12-19-18(23)24-3)16-10-11-20(13-16)14(2)15-8-6-5-7-9-15/h5-9,14,16H,4,10-13H2,1-3H3,(H,19,23)/t14-,16+/m0/s1. The summed E-state index contributed by atoms with van der Waals surface area (Å²) in [6.07, 6.45) is 0.375. The maximum atomic E-state index is 12.4. The highest BCUT2D eigenvalue weighted by Crippen LogP contribution is 2.26. The number of nitrogens with one attached hydrogen (secondary N) is 1. The molecule has 1 fully saturated rings. The van der Waals surface area contributed by atoms with Crippen molar-refractivity contribution in [1.29, 1.82) is 0 Å². The molecule has 132 valence electrons. The smallest absolute Gasteiger partial charge is 0.407 e. The minimum Gasteiger partial charge on any atom is -0.453 e. The van der Waals surface area contributed by atoms with E-state index >= 15 is 0 Å². The van der Waals surface area contributed by atoms with Crippen molar-refractivity contribution in [2.24, 2.45) is 0 Å². The van der Waals surface area contributed by atoms with Gasteiger partial charge in [0.05, 0.1) is 7.11 Å². The molecule has 1 N–H and O–H groups in total. The number of alkyl carbamates (subject to hydrolysis) is 1. The Hall–Kier alpha value is -2.08.